The third-order valence-corrected chi connectivity index (χ3v) is 5.12. The standard InChI is InChI=1S/C19H27N3O3/c1-13(2)25-16-9-5-4-7-14(16)11-22-10-6-8-15(12-22)19(3)17(23)20-18(24)21-19/h4-5,7,9,13,15H,6,8,10-12H2,1-3H3,(H2,20,21,23,24)/t15-,19+/m1/s1. The van der Waals surface area contributed by atoms with Gasteiger partial charge >= 0.3 is 6.03 Å². The number of hydrogen-bond donors (Lipinski definition) is 2. The number of benzene rings is 1. The van der Waals surface area contributed by atoms with Gasteiger partial charge in [-0.2, -0.15) is 0 Å². The molecular weight excluding hydrogens is 318 g/mol. The van der Waals surface area contributed by atoms with Gasteiger partial charge in [-0.1, -0.05) is 18.2 Å². The lowest BCUT2D eigenvalue weighted by molar-refractivity contribution is -0.126. The first-order valence-corrected chi connectivity index (χ1v) is 8.99. The normalized spacial score (nSPS) is 27.3. The molecule has 2 heterocycles. The van der Waals surface area contributed by atoms with Crippen LogP contribution in [0.1, 0.15) is 39.2 Å². The van der Waals surface area contributed by atoms with Crippen LogP contribution in [0, 0.1) is 5.92 Å². The number of likely N-dealkylation sites (tertiary alicyclic amines) is 1. The number of amides is 3. The second kappa shape index (κ2) is 7.04. The summed E-state index contributed by atoms with van der Waals surface area (Å²) < 4.78 is 5.92. The van der Waals surface area contributed by atoms with Crippen molar-refractivity contribution < 1.29 is 14.3 Å². The van der Waals surface area contributed by atoms with Crippen LogP contribution in [0.3, 0.4) is 0 Å². The minimum absolute atomic E-state index is 0.103. The van der Waals surface area contributed by atoms with Crippen molar-refractivity contribution in [1.29, 1.82) is 0 Å². The van der Waals surface area contributed by atoms with Crippen molar-refractivity contribution in [1.82, 2.24) is 15.5 Å². The van der Waals surface area contributed by atoms with Gasteiger partial charge in [0.1, 0.15) is 11.3 Å². The zero-order chi connectivity index (χ0) is 18.0. The molecule has 0 bridgehead atoms. The maximum absolute atomic E-state index is 12.2. The number of hydrogen-bond acceptors (Lipinski definition) is 4. The van der Waals surface area contributed by atoms with Crippen LogP contribution in [0.15, 0.2) is 24.3 Å². The van der Waals surface area contributed by atoms with Crippen LogP contribution < -0.4 is 15.4 Å². The summed E-state index contributed by atoms with van der Waals surface area (Å²) in [4.78, 5) is 26.1. The van der Waals surface area contributed by atoms with Gasteiger partial charge in [0.15, 0.2) is 0 Å². The minimum atomic E-state index is -0.816. The molecule has 0 aromatic heterocycles. The van der Waals surface area contributed by atoms with E-state index in [1.807, 2.05) is 39.0 Å². The van der Waals surface area contributed by atoms with Gasteiger partial charge in [0, 0.05) is 24.6 Å². The molecule has 0 saturated carbocycles. The topological polar surface area (TPSA) is 70.7 Å². The Hall–Kier alpha value is -2.08. The van der Waals surface area contributed by atoms with Crippen LogP contribution in [0.2, 0.25) is 0 Å². The highest BCUT2D eigenvalue weighted by atomic mass is 16.5. The molecule has 2 saturated heterocycles. The molecule has 2 N–H and O–H groups in total. The van der Waals surface area contributed by atoms with Gasteiger partial charge in [-0.3, -0.25) is 15.0 Å². The third-order valence-electron chi connectivity index (χ3n) is 5.12. The van der Waals surface area contributed by atoms with Crippen LogP contribution in [0.5, 0.6) is 5.75 Å². The number of piperidine rings is 1. The Morgan fingerprint density at radius 3 is 2.76 bits per heavy atom. The fourth-order valence-electron chi connectivity index (χ4n) is 3.76. The molecule has 3 rings (SSSR count). The number of imide groups is 1. The lowest BCUT2D eigenvalue weighted by Crippen LogP contribution is -2.55. The summed E-state index contributed by atoms with van der Waals surface area (Å²) in [6, 6.07) is 7.71. The molecule has 1 aromatic carbocycles. The Bertz CT molecular complexity index is 661. The molecule has 136 valence electrons. The van der Waals surface area contributed by atoms with Gasteiger partial charge in [-0.25, -0.2) is 4.79 Å². The van der Waals surface area contributed by atoms with Gasteiger partial charge in [0.2, 0.25) is 0 Å². The molecule has 6 nitrogen and oxygen atoms in total. The van der Waals surface area contributed by atoms with Crippen molar-refractivity contribution in [2.75, 3.05) is 13.1 Å². The molecule has 2 fully saturated rings. The molecule has 0 unspecified atom stereocenters. The zero-order valence-corrected chi connectivity index (χ0v) is 15.2. The Balaban J connectivity index is 1.71. The largest absolute Gasteiger partial charge is 0.491 e. The van der Waals surface area contributed by atoms with Crippen LogP contribution in [-0.4, -0.2) is 41.6 Å². The highest BCUT2D eigenvalue weighted by Crippen LogP contribution is 2.31. The summed E-state index contributed by atoms with van der Waals surface area (Å²) in [6.45, 7) is 8.42. The molecule has 0 aliphatic carbocycles. The first-order chi connectivity index (χ1) is 11.9. The highest BCUT2D eigenvalue weighted by Gasteiger charge is 2.48. The molecule has 2 atom stereocenters. The van der Waals surface area contributed by atoms with Gasteiger partial charge in [0.25, 0.3) is 5.91 Å². The molecule has 0 radical (unpaired) electrons. The third kappa shape index (κ3) is 3.79. The molecular formula is C19H27N3O3. The molecule has 3 amide bonds. The molecule has 25 heavy (non-hydrogen) atoms. The quantitative estimate of drug-likeness (QED) is 0.803. The smallest absolute Gasteiger partial charge is 0.322 e. The minimum Gasteiger partial charge on any atom is -0.491 e. The number of para-hydroxylation sites is 1. The Morgan fingerprint density at radius 2 is 2.08 bits per heavy atom. The summed E-state index contributed by atoms with van der Waals surface area (Å²) in [6.07, 6.45) is 2.08. The van der Waals surface area contributed by atoms with Crippen molar-refractivity contribution in [2.24, 2.45) is 5.92 Å². The van der Waals surface area contributed by atoms with E-state index in [9.17, 15) is 9.59 Å². The molecule has 2 aliphatic rings. The summed E-state index contributed by atoms with van der Waals surface area (Å²) in [5.41, 5.74) is 0.339. The van der Waals surface area contributed by atoms with E-state index in [4.69, 9.17) is 4.74 Å². The average Bonchev–Trinajstić information content (AvgIpc) is 2.82. The molecule has 2 aliphatic heterocycles. The van der Waals surface area contributed by atoms with Crippen molar-refractivity contribution in [3.63, 3.8) is 0 Å². The van der Waals surface area contributed by atoms with Gasteiger partial charge < -0.3 is 10.1 Å². The monoisotopic (exact) mass is 345 g/mol. The van der Waals surface area contributed by atoms with Crippen LogP contribution in [-0.2, 0) is 11.3 Å². The van der Waals surface area contributed by atoms with Crippen molar-refractivity contribution >= 4 is 11.9 Å². The van der Waals surface area contributed by atoms with Gasteiger partial charge in [-0.15, -0.1) is 0 Å². The van der Waals surface area contributed by atoms with E-state index in [2.05, 4.69) is 21.6 Å². The second-order valence-corrected chi connectivity index (χ2v) is 7.46. The van der Waals surface area contributed by atoms with Crippen molar-refractivity contribution in [3.8, 4) is 5.75 Å². The van der Waals surface area contributed by atoms with Crippen LogP contribution in [0.25, 0.3) is 0 Å². The molecule has 1 aromatic rings. The molecule has 6 heteroatoms. The SMILES string of the molecule is CC(C)Oc1ccccc1CN1CCC[C@@H]([C@]2(C)NC(=O)NC2=O)C1. The van der Waals surface area contributed by atoms with Crippen molar-refractivity contribution in [3.05, 3.63) is 29.8 Å². The van der Waals surface area contributed by atoms with E-state index in [0.717, 1.165) is 43.8 Å². The first-order valence-electron chi connectivity index (χ1n) is 8.99. The van der Waals surface area contributed by atoms with Crippen LogP contribution >= 0.6 is 0 Å². The summed E-state index contributed by atoms with van der Waals surface area (Å²) in [5, 5.41) is 5.19. The zero-order valence-electron chi connectivity index (χ0n) is 15.2. The van der Waals surface area contributed by atoms with E-state index in [1.165, 1.54) is 0 Å². The number of ether oxygens (including phenoxy) is 1. The number of rotatable bonds is 5. The predicted molar refractivity (Wildman–Crippen MR) is 95.3 cm³/mol. The average molecular weight is 345 g/mol. The van der Waals surface area contributed by atoms with E-state index < -0.39 is 5.54 Å². The summed E-state index contributed by atoms with van der Waals surface area (Å²) in [5.74, 6) is 0.802. The second-order valence-electron chi connectivity index (χ2n) is 7.46. The Morgan fingerprint density at radius 1 is 1.32 bits per heavy atom. The van der Waals surface area contributed by atoms with Crippen molar-refractivity contribution in [2.45, 2.75) is 51.8 Å². The maximum Gasteiger partial charge on any atom is 0.322 e. The van der Waals surface area contributed by atoms with Gasteiger partial charge in [0.05, 0.1) is 6.10 Å². The van der Waals surface area contributed by atoms with E-state index in [-0.39, 0.29) is 24.0 Å². The fourth-order valence-corrected chi connectivity index (χ4v) is 3.76. The number of nitrogens with one attached hydrogen (secondary N) is 2. The van der Waals surface area contributed by atoms with Crippen LogP contribution in [0.4, 0.5) is 4.79 Å². The number of urea groups is 1. The Kier molecular flexibility index (Phi) is 4.99. The summed E-state index contributed by atoms with van der Waals surface area (Å²) >= 11 is 0. The van der Waals surface area contributed by atoms with E-state index in [0.29, 0.717) is 0 Å². The fraction of sp³-hybridized carbons (Fsp3) is 0.579. The Labute approximate surface area is 148 Å². The molecule has 0 spiro atoms. The number of carbonyl (C=O) groups is 2. The van der Waals surface area contributed by atoms with E-state index in [1.54, 1.807) is 0 Å². The van der Waals surface area contributed by atoms with E-state index >= 15 is 0 Å². The number of carbonyl (C=O) groups excluding carboxylic acids is 2. The lowest BCUT2D eigenvalue weighted by Gasteiger charge is -2.39. The lowest BCUT2D eigenvalue weighted by atomic mass is 9.80. The maximum atomic E-state index is 12.2. The first kappa shape index (κ1) is 17.7. The predicted octanol–water partition coefficient (Wildman–Crippen LogP) is 2.28. The summed E-state index contributed by atoms with van der Waals surface area (Å²) in [7, 11) is 0. The van der Waals surface area contributed by atoms with Gasteiger partial charge in [-0.05, 0) is 46.2 Å². The number of nitrogens with zero attached hydrogens (tertiary/aromatic N) is 1. The highest BCUT2D eigenvalue weighted by molar-refractivity contribution is 6.06.